The second-order valence-electron chi connectivity index (χ2n) is 14.0. The SMILES string of the molecule is CC(C)C1=Cc2c(-c3ccccc3)cccc2C1B(C1C(C(C)C)=Cc2c(-c3ccccc3)cccc21)N(C(C)C)C(C)C. The average molecular weight is 578 g/mol. The van der Waals surface area contributed by atoms with Crippen LogP contribution in [-0.2, 0) is 0 Å². The summed E-state index contributed by atoms with van der Waals surface area (Å²) < 4.78 is 0. The van der Waals surface area contributed by atoms with E-state index in [1.54, 1.807) is 11.1 Å². The van der Waals surface area contributed by atoms with Gasteiger partial charge in [-0.1, -0.05) is 176 Å². The van der Waals surface area contributed by atoms with Crippen LogP contribution in [0.1, 0.15) is 89.3 Å². The molecule has 4 aromatic rings. The Hall–Kier alpha value is -3.62. The van der Waals surface area contributed by atoms with Gasteiger partial charge in [-0.15, -0.1) is 0 Å². The van der Waals surface area contributed by atoms with Gasteiger partial charge in [-0.2, -0.15) is 0 Å². The molecule has 1 nitrogen and oxygen atoms in total. The highest BCUT2D eigenvalue weighted by Gasteiger charge is 2.49. The minimum atomic E-state index is 0.289. The number of rotatable bonds is 9. The van der Waals surface area contributed by atoms with E-state index in [4.69, 9.17) is 0 Å². The lowest BCUT2D eigenvalue weighted by Crippen LogP contribution is -2.55. The fraction of sp³-hybridized carbons (Fsp3) is 0.333. The van der Waals surface area contributed by atoms with Gasteiger partial charge in [-0.25, -0.2) is 0 Å². The highest BCUT2D eigenvalue weighted by molar-refractivity contribution is 6.62. The predicted molar refractivity (Wildman–Crippen MR) is 193 cm³/mol. The molecule has 0 bridgehead atoms. The number of benzene rings is 4. The molecule has 2 heteroatoms. The van der Waals surface area contributed by atoms with Crippen LogP contribution in [0.2, 0.25) is 0 Å². The first-order valence-corrected chi connectivity index (χ1v) is 16.8. The van der Waals surface area contributed by atoms with Crippen molar-refractivity contribution in [2.75, 3.05) is 0 Å². The molecule has 6 rings (SSSR count). The van der Waals surface area contributed by atoms with E-state index in [9.17, 15) is 0 Å². The number of fused-ring (bicyclic) bond motifs is 2. The molecule has 2 atom stereocenters. The van der Waals surface area contributed by atoms with Gasteiger partial charge in [0.05, 0.1) is 0 Å². The van der Waals surface area contributed by atoms with E-state index >= 15 is 0 Å². The van der Waals surface area contributed by atoms with Gasteiger partial charge in [0.1, 0.15) is 0 Å². The van der Waals surface area contributed by atoms with E-state index in [1.165, 1.54) is 44.5 Å². The van der Waals surface area contributed by atoms with Gasteiger partial charge in [0, 0.05) is 11.6 Å². The van der Waals surface area contributed by atoms with Crippen LogP contribution >= 0.6 is 0 Å². The van der Waals surface area contributed by atoms with Crippen molar-refractivity contribution in [2.45, 2.75) is 79.1 Å². The molecular formula is C42H48BN. The van der Waals surface area contributed by atoms with Crippen LogP contribution < -0.4 is 0 Å². The molecule has 4 aromatic carbocycles. The summed E-state index contributed by atoms with van der Waals surface area (Å²) in [6.45, 7) is 19.5. The largest absolute Gasteiger partial charge is 0.336 e. The third-order valence-electron chi connectivity index (χ3n) is 10.0. The van der Waals surface area contributed by atoms with Crippen LogP contribution in [0.25, 0.3) is 34.4 Å². The minimum Gasteiger partial charge on any atom is -0.336 e. The van der Waals surface area contributed by atoms with Crippen molar-refractivity contribution >= 4 is 19.0 Å². The standard InChI is InChI=1S/C42H48BN/c1-27(2)37-25-39-33(31-17-11-9-12-18-31)21-15-23-35(39)41(37)43(44(29(5)6)30(7)8)42-36-24-16-22-34(32-19-13-10-14-20-32)40(36)26-38(42)28(3)4/h9-30,41-42H,1-8H3. The monoisotopic (exact) mass is 577 g/mol. The third-order valence-corrected chi connectivity index (χ3v) is 10.0. The van der Waals surface area contributed by atoms with Crippen LogP contribution in [0.5, 0.6) is 0 Å². The van der Waals surface area contributed by atoms with Crippen molar-refractivity contribution in [1.82, 2.24) is 4.81 Å². The maximum absolute atomic E-state index is 2.84. The van der Waals surface area contributed by atoms with Gasteiger partial charge in [-0.05, 0) is 68.4 Å². The summed E-state index contributed by atoms with van der Waals surface area (Å²) in [5.41, 5.74) is 14.2. The van der Waals surface area contributed by atoms with Gasteiger partial charge in [-0.3, -0.25) is 0 Å². The highest BCUT2D eigenvalue weighted by atomic mass is 15.1. The van der Waals surface area contributed by atoms with Gasteiger partial charge in [0.15, 0.2) is 0 Å². The first-order chi connectivity index (χ1) is 21.2. The van der Waals surface area contributed by atoms with Crippen LogP contribution in [-0.4, -0.2) is 23.7 Å². The summed E-state index contributed by atoms with van der Waals surface area (Å²) >= 11 is 0. The minimum absolute atomic E-state index is 0.289. The summed E-state index contributed by atoms with van der Waals surface area (Å²) in [5, 5.41) is 0. The number of allylic oxidation sites excluding steroid dienone is 2. The lowest BCUT2D eigenvalue weighted by molar-refractivity contribution is 0.294. The normalized spacial score (nSPS) is 17.5. The Morgan fingerprint density at radius 2 is 0.864 bits per heavy atom. The zero-order valence-electron chi connectivity index (χ0n) is 27.9. The van der Waals surface area contributed by atoms with Gasteiger partial charge < -0.3 is 4.81 Å². The second kappa shape index (κ2) is 12.4. The summed E-state index contributed by atoms with van der Waals surface area (Å²) in [7, 11) is 0. The molecule has 0 heterocycles. The molecule has 224 valence electrons. The molecule has 44 heavy (non-hydrogen) atoms. The summed E-state index contributed by atoms with van der Waals surface area (Å²) in [5.74, 6) is 1.50. The summed E-state index contributed by atoms with van der Waals surface area (Å²) in [6, 6.07) is 36.8. The topological polar surface area (TPSA) is 3.24 Å². The Morgan fingerprint density at radius 1 is 0.477 bits per heavy atom. The lowest BCUT2D eigenvalue weighted by atomic mass is 9.36. The van der Waals surface area contributed by atoms with E-state index in [1.807, 2.05) is 0 Å². The molecule has 0 amide bonds. The van der Waals surface area contributed by atoms with Gasteiger partial charge in [0.25, 0.3) is 0 Å². The van der Waals surface area contributed by atoms with E-state index in [0.717, 1.165) is 0 Å². The molecule has 0 fully saturated rings. The van der Waals surface area contributed by atoms with E-state index in [2.05, 4.69) is 169 Å². The average Bonchev–Trinajstić information content (AvgIpc) is 3.60. The van der Waals surface area contributed by atoms with Crippen LogP contribution in [0.3, 0.4) is 0 Å². The Balaban J connectivity index is 1.61. The first kappa shape index (κ1) is 30.4. The van der Waals surface area contributed by atoms with Crippen molar-refractivity contribution < 1.29 is 0 Å². The highest BCUT2D eigenvalue weighted by Crippen LogP contribution is 2.53. The molecule has 0 saturated carbocycles. The molecule has 2 aliphatic rings. The summed E-state index contributed by atoms with van der Waals surface area (Å²) in [6.07, 6.45) is 5.13. The lowest BCUT2D eigenvalue weighted by Gasteiger charge is -2.45. The smallest absolute Gasteiger partial charge is 0.247 e. The van der Waals surface area contributed by atoms with Crippen LogP contribution in [0, 0.1) is 11.8 Å². The van der Waals surface area contributed by atoms with Crippen molar-refractivity contribution in [2.24, 2.45) is 11.8 Å². The van der Waals surface area contributed by atoms with Crippen molar-refractivity contribution in [1.29, 1.82) is 0 Å². The zero-order chi connectivity index (χ0) is 31.1. The molecular weight excluding hydrogens is 529 g/mol. The fourth-order valence-electron chi connectivity index (χ4n) is 8.28. The van der Waals surface area contributed by atoms with Crippen molar-refractivity contribution in [3.8, 4) is 22.3 Å². The molecule has 2 unspecified atom stereocenters. The second-order valence-corrected chi connectivity index (χ2v) is 14.0. The summed E-state index contributed by atoms with van der Waals surface area (Å²) in [4.78, 5) is 2.84. The fourth-order valence-corrected chi connectivity index (χ4v) is 8.28. The van der Waals surface area contributed by atoms with Gasteiger partial charge >= 0.3 is 0 Å². The van der Waals surface area contributed by atoms with Gasteiger partial charge in [0.2, 0.25) is 6.85 Å². The Morgan fingerprint density at radius 3 is 1.20 bits per heavy atom. The molecule has 0 N–H and O–H groups in total. The van der Waals surface area contributed by atoms with Crippen molar-refractivity contribution in [3.05, 3.63) is 130 Å². The molecule has 0 aromatic heterocycles. The third kappa shape index (κ3) is 5.32. The predicted octanol–water partition coefficient (Wildman–Crippen LogP) is 11.2. The molecule has 0 spiro atoms. The van der Waals surface area contributed by atoms with Crippen LogP contribution in [0.4, 0.5) is 0 Å². The van der Waals surface area contributed by atoms with Crippen molar-refractivity contribution in [3.63, 3.8) is 0 Å². The first-order valence-electron chi connectivity index (χ1n) is 16.8. The Bertz CT molecular complexity index is 1550. The van der Waals surface area contributed by atoms with Crippen LogP contribution in [0.15, 0.2) is 108 Å². The van der Waals surface area contributed by atoms with E-state index in [0.29, 0.717) is 35.6 Å². The quantitative estimate of drug-likeness (QED) is 0.179. The molecule has 2 aliphatic carbocycles. The Labute approximate surface area is 266 Å². The number of hydrogen-bond acceptors (Lipinski definition) is 1. The maximum Gasteiger partial charge on any atom is 0.247 e. The number of hydrogen-bond donors (Lipinski definition) is 0. The molecule has 0 aliphatic heterocycles. The zero-order valence-corrected chi connectivity index (χ0v) is 27.9. The number of nitrogens with zero attached hydrogens (tertiary/aromatic N) is 1. The molecule has 0 radical (unpaired) electrons. The van der Waals surface area contributed by atoms with E-state index < -0.39 is 0 Å². The maximum atomic E-state index is 2.84. The Kier molecular flexibility index (Phi) is 8.58. The molecule has 0 saturated heterocycles. The van der Waals surface area contributed by atoms with E-state index in [-0.39, 0.29) is 6.85 Å².